The normalized spacial score (nSPS) is 11.3. The zero-order chi connectivity index (χ0) is 21.5. The van der Waals surface area contributed by atoms with Gasteiger partial charge in [-0.3, -0.25) is 0 Å². The van der Waals surface area contributed by atoms with E-state index in [-0.39, 0.29) is 23.5 Å². The van der Waals surface area contributed by atoms with Gasteiger partial charge >= 0.3 is 12.0 Å². The van der Waals surface area contributed by atoms with Crippen molar-refractivity contribution in [1.29, 1.82) is 0 Å². The zero-order valence-electron chi connectivity index (χ0n) is 16.6. The minimum atomic E-state index is -0.788. The highest BCUT2D eigenvalue weighted by Crippen LogP contribution is 2.30. The van der Waals surface area contributed by atoms with Gasteiger partial charge in [-0.25, -0.2) is 9.18 Å². The topological polar surface area (TPSA) is 79.8 Å². The van der Waals surface area contributed by atoms with Crippen molar-refractivity contribution in [1.82, 2.24) is 9.97 Å². The van der Waals surface area contributed by atoms with Crippen molar-refractivity contribution in [2.75, 3.05) is 21.3 Å². The minimum Gasteiger partial charge on any atom is -0.481 e. The van der Waals surface area contributed by atoms with Crippen molar-refractivity contribution < 1.29 is 28.1 Å². The molecule has 0 atom stereocenters. The van der Waals surface area contributed by atoms with Gasteiger partial charge in [-0.05, 0) is 23.3 Å². The maximum Gasteiger partial charge on any atom is 0.374 e. The van der Waals surface area contributed by atoms with Gasteiger partial charge in [0.2, 0.25) is 17.5 Å². The molecule has 0 radical (unpaired) electrons. The summed E-state index contributed by atoms with van der Waals surface area (Å²) >= 11 is 0. The summed E-state index contributed by atoms with van der Waals surface area (Å²) in [6, 6.07) is 16.0. The van der Waals surface area contributed by atoms with E-state index in [0.717, 1.165) is 0 Å². The predicted molar refractivity (Wildman–Crippen MR) is 107 cm³/mol. The van der Waals surface area contributed by atoms with E-state index < -0.39 is 11.8 Å². The molecule has 3 rings (SSSR count). The number of methoxy groups -OCH3 is 3. The molecule has 3 aromatic rings. The van der Waals surface area contributed by atoms with Crippen LogP contribution in [0.2, 0.25) is 0 Å². The van der Waals surface area contributed by atoms with Crippen LogP contribution in [0.3, 0.4) is 0 Å². The predicted octanol–water partition coefficient (Wildman–Crippen LogP) is 3.64. The number of halogens is 1. The molecule has 1 aromatic heterocycles. The van der Waals surface area contributed by atoms with E-state index in [1.54, 1.807) is 30.3 Å². The van der Waals surface area contributed by atoms with Crippen molar-refractivity contribution in [3.63, 3.8) is 0 Å². The van der Waals surface area contributed by atoms with E-state index in [0.29, 0.717) is 16.7 Å². The van der Waals surface area contributed by atoms with Crippen molar-refractivity contribution in [2.24, 2.45) is 0 Å². The lowest BCUT2D eigenvalue weighted by molar-refractivity contribution is -0.138. The SMILES string of the molecule is COC(=O)/C(Oc1nc(OC)cc(OC)n1)=C(/c1ccccc1)c1cccc(F)c1. The molecule has 0 bridgehead atoms. The number of nitrogens with zero attached hydrogens (tertiary/aromatic N) is 2. The largest absolute Gasteiger partial charge is 0.481 e. The summed E-state index contributed by atoms with van der Waals surface area (Å²) in [6.07, 6.45) is 0. The lowest BCUT2D eigenvalue weighted by atomic mass is 9.96. The van der Waals surface area contributed by atoms with Crippen molar-refractivity contribution in [2.45, 2.75) is 0 Å². The number of ether oxygens (including phenoxy) is 4. The summed E-state index contributed by atoms with van der Waals surface area (Å²) < 4.78 is 34.9. The first-order valence-electron chi connectivity index (χ1n) is 8.84. The highest BCUT2D eigenvalue weighted by Gasteiger charge is 2.24. The Morgan fingerprint density at radius 3 is 2.03 bits per heavy atom. The van der Waals surface area contributed by atoms with Crippen molar-refractivity contribution in [3.05, 3.63) is 83.4 Å². The van der Waals surface area contributed by atoms with Gasteiger partial charge in [0, 0.05) is 5.57 Å². The first-order chi connectivity index (χ1) is 14.5. The molecule has 0 fully saturated rings. The van der Waals surface area contributed by atoms with E-state index >= 15 is 0 Å². The Bertz CT molecular complexity index is 1050. The van der Waals surface area contributed by atoms with Crippen LogP contribution in [0.4, 0.5) is 4.39 Å². The first-order valence-corrected chi connectivity index (χ1v) is 8.84. The van der Waals surface area contributed by atoms with Crippen LogP contribution < -0.4 is 14.2 Å². The third kappa shape index (κ3) is 4.72. The molecule has 0 N–H and O–H groups in total. The van der Waals surface area contributed by atoms with Crippen LogP contribution in [0.25, 0.3) is 5.57 Å². The molecule has 0 saturated heterocycles. The fourth-order valence-corrected chi connectivity index (χ4v) is 2.69. The quantitative estimate of drug-likeness (QED) is 0.334. The molecule has 0 amide bonds. The Morgan fingerprint density at radius 2 is 1.47 bits per heavy atom. The lowest BCUT2D eigenvalue weighted by Gasteiger charge is -2.15. The third-order valence-corrected chi connectivity index (χ3v) is 4.04. The number of benzene rings is 2. The number of aromatic nitrogens is 2. The lowest BCUT2D eigenvalue weighted by Crippen LogP contribution is -2.15. The Labute approximate surface area is 172 Å². The third-order valence-electron chi connectivity index (χ3n) is 4.04. The minimum absolute atomic E-state index is 0.174. The van der Waals surface area contributed by atoms with Crippen LogP contribution in [0.1, 0.15) is 11.1 Å². The van der Waals surface area contributed by atoms with Gasteiger partial charge in [-0.1, -0.05) is 42.5 Å². The average Bonchev–Trinajstić information content (AvgIpc) is 2.78. The molecule has 0 aliphatic carbocycles. The second kappa shape index (κ2) is 9.51. The Morgan fingerprint density at radius 1 is 0.833 bits per heavy atom. The molecular formula is C22H19FN2O5. The summed E-state index contributed by atoms with van der Waals surface area (Å²) in [4.78, 5) is 20.9. The number of carbonyl (C=O) groups is 1. The Hall–Kier alpha value is -3.94. The zero-order valence-corrected chi connectivity index (χ0v) is 16.6. The maximum atomic E-state index is 14.0. The van der Waals surface area contributed by atoms with Crippen LogP contribution in [-0.2, 0) is 9.53 Å². The second-order valence-electron chi connectivity index (χ2n) is 5.91. The van der Waals surface area contributed by atoms with Gasteiger partial charge in [0.25, 0.3) is 0 Å². The van der Waals surface area contributed by atoms with Crippen LogP contribution in [0, 0.1) is 5.82 Å². The standard InChI is InChI=1S/C22H19FN2O5/c1-27-17-13-18(28-2)25-22(24-17)30-20(21(26)29-3)19(14-8-5-4-6-9-14)15-10-7-11-16(23)12-15/h4-13H,1-3H3/b20-19+. The summed E-state index contributed by atoms with van der Waals surface area (Å²) in [6.45, 7) is 0. The van der Waals surface area contributed by atoms with Gasteiger partial charge in [0.1, 0.15) is 5.82 Å². The smallest absolute Gasteiger partial charge is 0.374 e. The molecule has 0 saturated carbocycles. The molecule has 0 aliphatic rings. The monoisotopic (exact) mass is 410 g/mol. The summed E-state index contributed by atoms with van der Waals surface area (Å²) in [5.74, 6) is -1.13. The maximum absolute atomic E-state index is 14.0. The molecule has 0 aliphatic heterocycles. The fraction of sp³-hybridized carbons (Fsp3) is 0.136. The number of hydrogen-bond acceptors (Lipinski definition) is 7. The molecule has 2 aromatic carbocycles. The van der Waals surface area contributed by atoms with E-state index in [1.165, 1.54) is 45.6 Å². The van der Waals surface area contributed by atoms with Gasteiger partial charge in [-0.2, -0.15) is 9.97 Å². The van der Waals surface area contributed by atoms with Crippen molar-refractivity contribution in [3.8, 4) is 17.8 Å². The molecule has 0 spiro atoms. The fourth-order valence-electron chi connectivity index (χ4n) is 2.69. The van der Waals surface area contributed by atoms with E-state index in [4.69, 9.17) is 18.9 Å². The molecule has 30 heavy (non-hydrogen) atoms. The van der Waals surface area contributed by atoms with Gasteiger partial charge in [0.05, 0.1) is 27.4 Å². The highest BCUT2D eigenvalue weighted by molar-refractivity contribution is 6.00. The number of carbonyl (C=O) groups excluding carboxylic acids is 1. The molecular weight excluding hydrogens is 391 g/mol. The first kappa shape index (κ1) is 20.8. The molecule has 0 unspecified atom stereocenters. The summed E-state index contributed by atoms with van der Waals surface area (Å²) in [5.41, 5.74) is 1.34. The molecule has 8 heteroatoms. The number of hydrogen-bond donors (Lipinski definition) is 0. The highest BCUT2D eigenvalue weighted by atomic mass is 19.1. The van der Waals surface area contributed by atoms with Crippen molar-refractivity contribution >= 4 is 11.5 Å². The van der Waals surface area contributed by atoms with Gasteiger partial charge in [0.15, 0.2) is 0 Å². The Kier molecular flexibility index (Phi) is 6.59. The molecule has 154 valence electrons. The van der Waals surface area contributed by atoms with Crippen LogP contribution in [0.15, 0.2) is 66.4 Å². The average molecular weight is 410 g/mol. The van der Waals surface area contributed by atoms with Crippen LogP contribution in [-0.4, -0.2) is 37.3 Å². The van der Waals surface area contributed by atoms with Gasteiger partial charge < -0.3 is 18.9 Å². The van der Waals surface area contributed by atoms with E-state index in [1.807, 2.05) is 6.07 Å². The summed E-state index contributed by atoms with van der Waals surface area (Å²) in [5, 5.41) is 0. The van der Waals surface area contributed by atoms with E-state index in [2.05, 4.69) is 9.97 Å². The van der Waals surface area contributed by atoms with Crippen LogP contribution in [0.5, 0.6) is 17.8 Å². The summed E-state index contributed by atoms with van der Waals surface area (Å²) in [7, 11) is 4.06. The van der Waals surface area contributed by atoms with Gasteiger partial charge in [-0.15, -0.1) is 0 Å². The van der Waals surface area contributed by atoms with E-state index in [9.17, 15) is 9.18 Å². The second-order valence-corrected chi connectivity index (χ2v) is 5.91. The Balaban J connectivity index is 2.24. The number of esters is 1. The molecule has 1 heterocycles. The van der Waals surface area contributed by atoms with Crippen LogP contribution >= 0.6 is 0 Å². The number of rotatable bonds is 7. The molecule has 7 nitrogen and oxygen atoms in total.